The molecular formula is C11H20FNO4. The van der Waals surface area contributed by atoms with Gasteiger partial charge >= 0.3 is 12.1 Å². The van der Waals surface area contributed by atoms with E-state index in [0.29, 0.717) is 0 Å². The Labute approximate surface area is 101 Å². The highest BCUT2D eigenvalue weighted by Gasteiger charge is 2.26. The predicted octanol–water partition coefficient (Wildman–Crippen LogP) is 1.80. The molecular weight excluding hydrogens is 229 g/mol. The number of alkyl carbamates (subject to hydrolysis) is 1. The van der Waals surface area contributed by atoms with Crippen LogP contribution in [0.2, 0.25) is 0 Å². The minimum absolute atomic E-state index is 0.147. The third kappa shape index (κ3) is 7.54. The van der Waals surface area contributed by atoms with E-state index in [1.165, 1.54) is 14.0 Å². The second-order valence-corrected chi connectivity index (χ2v) is 4.74. The van der Waals surface area contributed by atoms with Gasteiger partial charge in [0.15, 0.2) is 0 Å². The molecule has 0 heterocycles. The van der Waals surface area contributed by atoms with Gasteiger partial charge in [-0.25, -0.2) is 14.0 Å². The standard InChI is InChI=1S/C11H20FNO4/c1-7(12)6-8(9(14)16-5)13-10(15)17-11(2,3)4/h7-8H,6H2,1-5H3,(H,13,15)/t7-,8+/m1/s1. The molecule has 0 rings (SSSR count). The van der Waals surface area contributed by atoms with Gasteiger partial charge in [0.1, 0.15) is 11.6 Å². The monoisotopic (exact) mass is 249 g/mol. The third-order valence-corrected chi connectivity index (χ3v) is 1.74. The summed E-state index contributed by atoms with van der Waals surface area (Å²) in [7, 11) is 1.18. The number of amides is 1. The van der Waals surface area contributed by atoms with E-state index in [0.717, 1.165) is 0 Å². The van der Waals surface area contributed by atoms with E-state index in [9.17, 15) is 14.0 Å². The lowest BCUT2D eigenvalue weighted by Gasteiger charge is -2.22. The smallest absolute Gasteiger partial charge is 0.408 e. The van der Waals surface area contributed by atoms with Crippen LogP contribution in [0.15, 0.2) is 0 Å². The van der Waals surface area contributed by atoms with Crippen molar-refractivity contribution >= 4 is 12.1 Å². The lowest BCUT2D eigenvalue weighted by molar-refractivity contribution is -0.143. The summed E-state index contributed by atoms with van der Waals surface area (Å²) in [6.45, 7) is 6.37. The lowest BCUT2D eigenvalue weighted by Crippen LogP contribution is -2.45. The summed E-state index contributed by atoms with van der Waals surface area (Å²) in [5, 5.41) is 2.28. The molecule has 6 heteroatoms. The maximum atomic E-state index is 12.8. The van der Waals surface area contributed by atoms with Crippen molar-refractivity contribution in [2.24, 2.45) is 0 Å². The van der Waals surface area contributed by atoms with Crippen molar-refractivity contribution in [3.8, 4) is 0 Å². The molecule has 0 aliphatic heterocycles. The first-order chi connectivity index (χ1) is 7.65. The number of nitrogens with one attached hydrogen (secondary N) is 1. The maximum Gasteiger partial charge on any atom is 0.408 e. The van der Waals surface area contributed by atoms with Crippen LogP contribution in [0, 0.1) is 0 Å². The van der Waals surface area contributed by atoms with Crippen molar-refractivity contribution < 1.29 is 23.5 Å². The number of methoxy groups -OCH3 is 1. The van der Waals surface area contributed by atoms with Crippen molar-refractivity contribution in [3.63, 3.8) is 0 Å². The molecule has 5 nitrogen and oxygen atoms in total. The molecule has 0 bridgehead atoms. The van der Waals surface area contributed by atoms with Crippen LogP contribution in [-0.2, 0) is 14.3 Å². The number of carbonyl (C=O) groups is 2. The molecule has 0 spiro atoms. The summed E-state index contributed by atoms with van der Waals surface area (Å²) in [4.78, 5) is 22.7. The lowest BCUT2D eigenvalue weighted by atomic mass is 10.1. The quantitative estimate of drug-likeness (QED) is 0.772. The molecule has 0 aromatic heterocycles. The van der Waals surface area contributed by atoms with Gasteiger partial charge in [0.05, 0.1) is 13.3 Å². The molecule has 0 aliphatic rings. The molecule has 0 radical (unpaired) electrons. The summed E-state index contributed by atoms with van der Waals surface area (Å²) in [5.74, 6) is -0.694. The van der Waals surface area contributed by atoms with Crippen molar-refractivity contribution in [1.29, 1.82) is 0 Å². The van der Waals surface area contributed by atoms with E-state index in [4.69, 9.17) is 4.74 Å². The average molecular weight is 249 g/mol. The Morgan fingerprint density at radius 2 is 1.88 bits per heavy atom. The Kier molecular flexibility index (Phi) is 5.91. The summed E-state index contributed by atoms with van der Waals surface area (Å²) >= 11 is 0. The zero-order valence-electron chi connectivity index (χ0n) is 10.9. The summed E-state index contributed by atoms with van der Waals surface area (Å²) in [6.07, 6.45) is -2.14. The molecule has 0 aliphatic carbocycles. The van der Waals surface area contributed by atoms with Crippen LogP contribution in [-0.4, -0.2) is 37.0 Å². The largest absolute Gasteiger partial charge is 0.467 e. The molecule has 0 unspecified atom stereocenters. The van der Waals surface area contributed by atoms with Crippen LogP contribution in [0.5, 0.6) is 0 Å². The Balaban J connectivity index is 4.43. The summed E-state index contributed by atoms with van der Waals surface area (Å²) in [6, 6.07) is -1.03. The van der Waals surface area contributed by atoms with Gasteiger partial charge in [-0.2, -0.15) is 0 Å². The van der Waals surface area contributed by atoms with Gasteiger partial charge in [-0.05, 0) is 27.7 Å². The van der Waals surface area contributed by atoms with Crippen LogP contribution in [0.25, 0.3) is 0 Å². The Bertz CT molecular complexity index is 273. The number of hydrogen-bond acceptors (Lipinski definition) is 4. The molecule has 0 saturated heterocycles. The predicted molar refractivity (Wildman–Crippen MR) is 60.4 cm³/mol. The molecule has 0 aromatic rings. The van der Waals surface area contributed by atoms with E-state index >= 15 is 0 Å². The highest BCUT2D eigenvalue weighted by Crippen LogP contribution is 2.09. The molecule has 0 saturated carbocycles. The van der Waals surface area contributed by atoms with Gasteiger partial charge in [0.2, 0.25) is 0 Å². The van der Waals surface area contributed by atoms with Crippen molar-refractivity contribution in [3.05, 3.63) is 0 Å². The van der Waals surface area contributed by atoms with Crippen LogP contribution < -0.4 is 5.32 Å². The number of alkyl halides is 1. The van der Waals surface area contributed by atoms with E-state index in [1.807, 2.05) is 0 Å². The second-order valence-electron chi connectivity index (χ2n) is 4.74. The fourth-order valence-electron chi connectivity index (χ4n) is 1.13. The molecule has 100 valence electrons. The molecule has 0 fully saturated rings. The van der Waals surface area contributed by atoms with E-state index < -0.39 is 29.9 Å². The van der Waals surface area contributed by atoms with Gasteiger partial charge in [-0.3, -0.25) is 0 Å². The number of carbonyl (C=O) groups excluding carboxylic acids is 2. The van der Waals surface area contributed by atoms with Gasteiger partial charge < -0.3 is 14.8 Å². The first-order valence-corrected chi connectivity index (χ1v) is 5.37. The van der Waals surface area contributed by atoms with Crippen molar-refractivity contribution in [2.45, 2.75) is 51.9 Å². The number of hydrogen-bond donors (Lipinski definition) is 1. The molecule has 1 N–H and O–H groups in total. The first-order valence-electron chi connectivity index (χ1n) is 5.37. The summed E-state index contributed by atoms with van der Waals surface area (Å²) < 4.78 is 22.3. The van der Waals surface area contributed by atoms with Crippen molar-refractivity contribution in [1.82, 2.24) is 5.32 Å². The minimum Gasteiger partial charge on any atom is -0.467 e. The fraction of sp³-hybridized carbons (Fsp3) is 0.818. The van der Waals surface area contributed by atoms with Crippen LogP contribution in [0.4, 0.5) is 9.18 Å². The highest BCUT2D eigenvalue weighted by atomic mass is 19.1. The SMILES string of the molecule is COC(=O)[C@H](C[C@@H](C)F)NC(=O)OC(C)(C)C. The summed E-state index contributed by atoms with van der Waals surface area (Å²) in [5.41, 5.74) is -0.675. The maximum absolute atomic E-state index is 12.8. The van der Waals surface area contributed by atoms with Gasteiger partial charge in [-0.15, -0.1) is 0 Å². The van der Waals surface area contributed by atoms with Gasteiger partial charge in [-0.1, -0.05) is 0 Å². The van der Waals surface area contributed by atoms with E-state index in [-0.39, 0.29) is 6.42 Å². The second kappa shape index (κ2) is 6.42. The fourth-order valence-corrected chi connectivity index (χ4v) is 1.13. The Hall–Kier alpha value is -1.33. The Morgan fingerprint density at radius 1 is 1.35 bits per heavy atom. The topological polar surface area (TPSA) is 64.6 Å². The molecule has 0 aromatic carbocycles. The Morgan fingerprint density at radius 3 is 2.24 bits per heavy atom. The number of rotatable bonds is 4. The van der Waals surface area contributed by atoms with Crippen LogP contribution in [0.3, 0.4) is 0 Å². The molecule has 1 amide bonds. The first kappa shape index (κ1) is 15.7. The third-order valence-electron chi connectivity index (χ3n) is 1.74. The van der Waals surface area contributed by atoms with E-state index in [2.05, 4.69) is 10.1 Å². The molecule has 2 atom stereocenters. The molecule has 17 heavy (non-hydrogen) atoms. The minimum atomic E-state index is -1.23. The number of ether oxygens (including phenoxy) is 2. The zero-order valence-corrected chi connectivity index (χ0v) is 10.9. The van der Waals surface area contributed by atoms with Crippen molar-refractivity contribution in [2.75, 3.05) is 7.11 Å². The van der Waals surface area contributed by atoms with Crippen LogP contribution in [0.1, 0.15) is 34.1 Å². The number of halogens is 1. The van der Waals surface area contributed by atoms with Gasteiger partial charge in [0, 0.05) is 6.42 Å². The normalized spacial score (nSPS) is 14.7. The highest BCUT2D eigenvalue weighted by molar-refractivity contribution is 5.81. The van der Waals surface area contributed by atoms with Gasteiger partial charge in [0.25, 0.3) is 0 Å². The van der Waals surface area contributed by atoms with Crippen LogP contribution >= 0.6 is 0 Å². The average Bonchev–Trinajstić information content (AvgIpc) is 2.11. The van der Waals surface area contributed by atoms with E-state index in [1.54, 1.807) is 20.8 Å². The number of esters is 1. The zero-order chi connectivity index (χ0) is 13.6.